The number of carboxylic acid groups (broad SMARTS) is 1. The topological polar surface area (TPSA) is 76.7 Å². The van der Waals surface area contributed by atoms with Gasteiger partial charge in [-0.05, 0) is 12.1 Å². The lowest BCUT2D eigenvalue weighted by Gasteiger charge is -1.91. The largest absolute Gasteiger partial charge is 0.475 e. The van der Waals surface area contributed by atoms with Gasteiger partial charge in [0.25, 0.3) is 0 Å². The number of esters is 1. The highest BCUT2D eigenvalue weighted by Gasteiger charge is 2.14. The Hall–Kier alpha value is -1.78. The molecule has 0 amide bonds. The molecule has 1 rings (SSSR count). The first-order chi connectivity index (χ1) is 5.65. The number of furan rings is 1. The van der Waals surface area contributed by atoms with Gasteiger partial charge in [0.15, 0.2) is 0 Å². The van der Waals surface area contributed by atoms with E-state index in [2.05, 4.69) is 9.15 Å². The molecule has 0 fully saturated rings. The molecule has 0 aromatic carbocycles. The van der Waals surface area contributed by atoms with E-state index in [4.69, 9.17) is 5.11 Å². The summed E-state index contributed by atoms with van der Waals surface area (Å²) < 4.78 is 8.93. The van der Waals surface area contributed by atoms with Crippen LogP contribution in [0.25, 0.3) is 0 Å². The molecule has 12 heavy (non-hydrogen) atoms. The molecule has 0 aliphatic heterocycles. The van der Waals surface area contributed by atoms with Crippen molar-refractivity contribution in [2.75, 3.05) is 7.11 Å². The molecule has 5 nitrogen and oxygen atoms in total. The van der Waals surface area contributed by atoms with Gasteiger partial charge in [0.1, 0.15) is 0 Å². The van der Waals surface area contributed by atoms with Crippen LogP contribution in [0.1, 0.15) is 21.1 Å². The maximum atomic E-state index is 10.7. The van der Waals surface area contributed by atoms with E-state index in [1.807, 2.05) is 0 Å². The van der Waals surface area contributed by atoms with Gasteiger partial charge in [0.2, 0.25) is 11.5 Å². The molecule has 1 aromatic heterocycles. The maximum absolute atomic E-state index is 10.7. The van der Waals surface area contributed by atoms with Crippen molar-refractivity contribution in [2.45, 2.75) is 0 Å². The predicted octanol–water partition coefficient (Wildman–Crippen LogP) is 0.764. The molecular formula is C7H6O5. The van der Waals surface area contributed by atoms with Crippen molar-refractivity contribution in [3.05, 3.63) is 23.7 Å². The first kappa shape index (κ1) is 8.32. The Morgan fingerprint density at radius 2 is 2.00 bits per heavy atom. The van der Waals surface area contributed by atoms with Crippen LogP contribution in [0.15, 0.2) is 16.5 Å². The highest BCUT2D eigenvalue weighted by Crippen LogP contribution is 2.08. The maximum Gasteiger partial charge on any atom is 0.373 e. The van der Waals surface area contributed by atoms with Gasteiger partial charge in [-0.2, -0.15) is 0 Å². The van der Waals surface area contributed by atoms with Crippen molar-refractivity contribution < 1.29 is 23.8 Å². The molecular weight excluding hydrogens is 164 g/mol. The van der Waals surface area contributed by atoms with Crippen LogP contribution in [-0.4, -0.2) is 24.2 Å². The average Bonchev–Trinajstić information content (AvgIpc) is 2.51. The SMILES string of the molecule is COC(=O)c1ccc(C(=O)O)o1. The third-order valence-corrected chi connectivity index (χ3v) is 1.20. The number of aromatic carboxylic acids is 1. The molecule has 64 valence electrons. The monoisotopic (exact) mass is 170 g/mol. The Labute approximate surface area is 67.6 Å². The summed E-state index contributed by atoms with van der Waals surface area (Å²) in [5.41, 5.74) is 0. The van der Waals surface area contributed by atoms with Crippen LogP contribution in [0, 0.1) is 0 Å². The van der Waals surface area contributed by atoms with Crippen LogP contribution in [0.5, 0.6) is 0 Å². The van der Waals surface area contributed by atoms with E-state index in [0.717, 1.165) is 0 Å². The number of hydrogen-bond donors (Lipinski definition) is 1. The fourth-order valence-electron chi connectivity index (χ4n) is 0.663. The highest BCUT2D eigenvalue weighted by molar-refractivity contribution is 5.89. The van der Waals surface area contributed by atoms with Crippen LogP contribution in [0.4, 0.5) is 0 Å². The zero-order valence-electron chi connectivity index (χ0n) is 6.23. The lowest BCUT2D eigenvalue weighted by Crippen LogP contribution is -1.99. The minimum absolute atomic E-state index is 0.116. The van der Waals surface area contributed by atoms with E-state index in [-0.39, 0.29) is 11.5 Å². The van der Waals surface area contributed by atoms with Crippen molar-refractivity contribution in [3.8, 4) is 0 Å². The average molecular weight is 170 g/mol. The Kier molecular flexibility index (Phi) is 2.14. The van der Waals surface area contributed by atoms with Gasteiger partial charge in [-0.25, -0.2) is 9.59 Å². The molecule has 1 heterocycles. The molecule has 0 aliphatic rings. The fourth-order valence-corrected chi connectivity index (χ4v) is 0.663. The van der Waals surface area contributed by atoms with Gasteiger partial charge >= 0.3 is 11.9 Å². The summed E-state index contributed by atoms with van der Waals surface area (Å²) in [6.45, 7) is 0. The predicted molar refractivity (Wildman–Crippen MR) is 37.0 cm³/mol. The lowest BCUT2D eigenvalue weighted by molar-refractivity contribution is 0.0555. The summed E-state index contributed by atoms with van der Waals surface area (Å²) in [5.74, 6) is -2.31. The first-order valence-corrected chi connectivity index (χ1v) is 3.06. The van der Waals surface area contributed by atoms with Crippen LogP contribution < -0.4 is 0 Å². The summed E-state index contributed by atoms with van der Waals surface area (Å²) in [5, 5.41) is 8.41. The van der Waals surface area contributed by atoms with Crippen LogP contribution in [0.2, 0.25) is 0 Å². The number of carbonyl (C=O) groups is 2. The Balaban J connectivity index is 2.91. The smallest absolute Gasteiger partial charge is 0.373 e. The Bertz CT molecular complexity index is 311. The molecule has 1 aromatic rings. The summed E-state index contributed by atoms with van der Waals surface area (Å²) in [4.78, 5) is 21.0. The van der Waals surface area contributed by atoms with Gasteiger partial charge in [-0.1, -0.05) is 0 Å². The molecule has 0 radical (unpaired) electrons. The van der Waals surface area contributed by atoms with E-state index < -0.39 is 11.9 Å². The number of hydrogen-bond acceptors (Lipinski definition) is 4. The first-order valence-electron chi connectivity index (χ1n) is 3.06. The molecule has 5 heteroatoms. The summed E-state index contributed by atoms with van der Waals surface area (Å²) >= 11 is 0. The zero-order chi connectivity index (χ0) is 9.14. The van der Waals surface area contributed by atoms with E-state index in [1.165, 1.54) is 19.2 Å². The molecule has 0 bridgehead atoms. The summed E-state index contributed by atoms with van der Waals surface area (Å²) in [7, 11) is 1.19. The third kappa shape index (κ3) is 1.45. The normalized spacial score (nSPS) is 9.42. The minimum atomic E-state index is -1.22. The molecule has 0 aliphatic carbocycles. The van der Waals surface area contributed by atoms with Gasteiger partial charge in [0.05, 0.1) is 7.11 Å². The number of carbonyl (C=O) groups excluding carboxylic acids is 1. The number of methoxy groups -OCH3 is 1. The van der Waals surface area contributed by atoms with E-state index in [9.17, 15) is 9.59 Å². The van der Waals surface area contributed by atoms with Crippen molar-refractivity contribution >= 4 is 11.9 Å². The molecule has 0 saturated heterocycles. The number of ether oxygens (including phenoxy) is 1. The van der Waals surface area contributed by atoms with E-state index in [1.54, 1.807) is 0 Å². The molecule has 0 saturated carbocycles. The van der Waals surface area contributed by atoms with Gasteiger partial charge < -0.3 is 14.3 Å². The zero-order valence-corrected chi connectivity index (χ0v) is 6.23. The second-order valence-electron chi connectivity index (χ2n) is 1.96. The Morgan fingerprint density at radius 1 is 1.42 bits per heavy atom. The molecule has 0 atom stereocenters. The van der Waals surface area contributed by atoms with Crippen molar-refractivity contribution in [2.24, 2.45) is 0 Å². The second-order valence-corrected chi connectivity index (χ2v) is 1.96. The molecule has 0 spiro atoms. The van der Waals surface area contributed by atoms with Crippen LogP contribution >= 0.6 is 0 Å². The molecule has 1 N–H and O–H groups in total. The number of rotatable bonds is 2. The van der Waals surface area contributed by atoms with Crippen molar-refractivity contribution in [1.29, 1.82) is 0 Å². The van der Waals surface area contributed by atoms with Crippen LogP contribution in [0.3, 0.4) is 0 Å². The fraction of sp³-hybridized carbons (Fsp3) is 0.143. The minimum Gasteiger partial charge on any atom is -0.475 e. The van der Waals surface area contributed by atoms with E-state index in [0.29, 0.717) is 0 Å². The summed E-state index contributed by atoms with van der Waals surface area (Å²) in [6.07, 6.45) is 0. The number of carboxylic acids is 1. The van der Waals surface area contributed by atoms with Crippen LogP contribution in [-0.2, 0) is 4.74 Å². The lowest BCUT2D eigenvalue weighted by atomic mass is 10.4. The van der Waals surface area contributed by atoms with Gasteiger partial charge in [-0.3, -0.25) is 0 Å². The molecule has 0 unspecified atom stereocenters. The Morgan fingerprint density at radius 3 is 2.42 bits per heavy atom. The van der Waals surface area contributed by atoms with Gasteiger partial charge in [-0.15, -0.1) is 0 Å². The van der Waals surface area contributed by atoms with Crippen molar-refractivity contribution in [1.82, 2.24) is 0 Å². The van der Waals surface area contributed by atoms with Crippen molar-refractivity contribution in [3.63, 3.8) is 0 Å². The van der Waals surface area contributed by atoms with Gasteiger partial charge in [0, 0.05) is 0 Å². The second kappa shape index (κ2) is 3.08. The standard InChI is InChI=1S/C7H6O5/c1-11-7(10)5-3-2-4(12-5)6(8)9/h2-3H,1H3,(H,8,9). The summed E-state index contributed by atoms with van der Waals surface area (Å²) in [6, 6.07) is 2.43. The quantitative estimate of drug-likeness (QED) is 0.663. The van der Waals surface area contributed by atoms with E-state index >= 15 is 0 Å². The highest BCUT2D eigenvalue weighted by atomic mass is 16.5. The third-order valence-electron chi connectivity index (χ3n) is 1.20.